The van der Waals surface area contributed by atoms with Crippen LogP contribution >= 0.6 is 0 Å². The van der Waals surface area contributed by atoms with Crippen molar-refractivity contribution in [3.05, 3.63) is 58.9 Å². The minimum atomic E-state index is -0.873. The lowest BCUT2D eigenvalue weighted by Gasteiger charge is -2.27. The Bertz CT molecular complexity index is 1160. The fourth-order valence-corrected chi connectivity index (χ4v) is 4.70. The van der Waals surface area contributed by atoms with Crippen LogP contribution in [0.4, 0.5) is 4.39 Å². The quantitative estimate of drug-likeness (QED) is 0.349. The van der Waals surface area contributed by atoms with Crippen LogP contribution in [-0.4, -0.2) is 74.1 Å². The predicted molar refractivity (Wildman–Crippen MR) is 127 cm³/mol. The first kappa shape index (κ1) is 24.5. The molecule has 0 aromatic heterocycles. The van der Waals surface area contributed by atoms with Gasteiger partial charge in [-0.15, -0.1) is 0 Å². The second-order valence-electron chi connectivity index (χ2n) is 8.50. The van der Waals surface area contributed by atoms with Crippen molar-refractivity contribution in [3.63, 3.8) is 0 Å². The fraction of sp³-hybridized carbons (Fsp3) is 0.385. The summed E-state index contributed by atoms with van der Waals surface area (Å²) in [7, 11) is 4.34. The Kier molecular flexibility index (Phi) is 7.25. The highest BCUT2D eigenvalue weighted by molar-refractivity contribution is 6.46. The standard InChI is InChI=1S/C26H29FN2O6/c1-33-19-8-7-17(14-18(19)27)24(30)22-23(16-6-9-20(34-2)21(15-16)35-3)29(26(32)25(22)31)13-12-28-10-4-5-11-28/h6-9,14-15,23,30H,4-5,10-13H2,1-3H3/b24-22+. The zero-order valence-corrected chi connectivity index (χ0v) is 20.0. The van der Waals surface area contributed by atoms with Crippen LogP contribution in [0.25, 0.3) is 5.76 Å². The van der Waals surface area contributed by atoms with Crippen molar-refractivity contribution < 1.29 is 33.3 Å². The topological polar surface area (TPSA) is 88.5 Å². The van der Waals surface area contributed by atoms with E-state index >= 15 is 0 Å². The molecule has 8 nitrogen and oxygen atoms in total. The number of rotatable bonds is 8. The first-order valence-corrected chi connectivity index (χ1v) is 11.5. The molecule has 0 bridgehead atoms. The van der Waals surface area contributed by atoms with Crippen LogP contribution < -0.4 is 14.2 Å². The van der Waals surface area contributed by atoms with E-state index in [1.807, 2.05) is 0 Å². The molecular weight excluding hydrogens is 455 g/mol. The Morgan fingerprint density at radius 3 is 2.23 bits per heavy atom. The number of amides is 1. The second-order valence-corrected chi connectivity index (χ2v) is 8.50. The second kappa shape index (κ2) is 10.4. The van der Waals surface area contributed by atoms with E-state index in [-0.39, 0.29) is 16.9 Å². The number of carbonyl (C=O) groups is 2. The molecule has 1 N–H and O–H groups in total. The molecule has 2 aliphatic rings. The molecule has 0 spiro atoms. The summed E-state index contributed by atoms with van der Waals surface area (Å²) in [5, 5.41) is 11.2. The number of carbonyl (C=O) groups excluding carboxylic acids is 2. The molecule has 2 aliphatic heterocycles. The summed E-state index contributed by atoms with van der Waals surface area (Å²) in [6, 6.07) is 8.10. The van der Waals surface area contributed by atoms with Gasteiger partial charge < -0.3 is 29.1 Å². The van der Waals surface area contributed by atoms with Crippen LogP contribution in [0, 0.1) is 5.82 Å². The van der Waals surface area contributed by atoms with Gasteiger partial charge in [-0.25, -0.2) is 4.39 Å². The van der Waals surface area contributed by atoms with Gasteiger partial charge in [-0.3, -0.25) is 9.59 Å². The molecule has 2 aromatic carbocycles. The molecule has 1 amide bonds. The monoisotopic (exact) mass is 484 g/mol. The van der Waals surface area contributed by atoms with Gasteiger partial charge in [-0.05, 0) is 61.8 Å². The third-order valence-corrected chi connectivity index (χ3v) is 6.54. The molecule has 0 saturated carbocycles. The number of hydrogen-bond donors (Lipinski definition) is 1. The number of methoxy groups -OCH3 is 3. The number of nitrogens with zero attached hydrogens (tertiary/aromatic N) is 2. The summed E-state index contributed by atoms with van der Waals surface area (Å²) in [5.41, 5.74) is 0.540. The Morgan fingerprint density at radius 1 is 0.943 bits per heavy atom. The third-order valence-electron chi connectivity index (χ3n) is 6.54. The summed E-state index contributed by atoms with van der Waals surface area (Å²) in [5.74, 6) is -1.76. The summed E-state index contributed by atoms with van der Waals surface area (Å²) in [4.78, 5) is 30.1. The fourth-order valence-electron chi connectivity index (χ4n) is 4.70. The van der Waals surface area contributed by atoms with E-state index in [0.717, 1.165) is 32.0 Å². The van der Waals surface area contributed by atoms with Crippen molar-refractivity contribution in [2.45, 2.75) is 18.9 Å². The van der Waals surface area contributed by atoms with E-state index in [2.05, 4.69) is 4.90 Å². The molecule has 2 heterocycles. The lowest BCUT2D eigenvalue weighted by atomic mass is 9.95. The maximum Gasteiger partial charge on any atom is 0.295 e. The van der Waals surface area contributed by atoms with Crippen LogP contribution in [0.1, 0.15) is 30.0 Å². The number of halogens is 1. The average molecular weight is 485 g/mol. The molecule has 35 heavy (non-hydrogen) atoms. The van der Waals surface area contributed by atoms with E-state index in [0.29, 0.717) is 30.2 Å². The Morgan fingerprint density at radius 2 is 1.60 bits per heavy atom. The summed E-state index contributed by atoms with van der Waals surface area (Å²) in [6.07, 6.45) is 2.20. The number of aliphatic hydroxyl groups is 1. The number of hydrogen-bond acceptors (Lipinski definition) is 7. The van der Waals surface area contributed by atoms with Crippen molar-refractivity contribution in [2.75, 3.05) is 47.5 Å². The third kappa shape index (κ3) is 4.68. The normalized spacial score (nSPS) is 19.9. The van der Waals surface area contributed by atoms with Crippen LogP contribution in [0.15, 0.2) is 42.0 Å². The molecule has 2 aromatic rings. The van der Waals surface area contributed by atoms with E-state index in [4.69, 9.17) is 14.2 Å². The van der Waals surface area contributed by atoms with Gasteiger partial charge in [0.05, 0.1) is 32.9 Å². The predicted octanol–water partition coefficient (Wildman–Crippen LogP) is 3.37. The number of aliphatic hydroxyl groups excluding tert-OH is 1. The molecule has 9 heteroatoms. The van der Waals surface area contributed by atoms with E-state index in [1.54, 1.807) is 18.2 Å². The highest BCUT2D eigenvalue weighted by atomic mass is 19.1. The molecule has 2 fully saturated rings. The van der Waals surface area contributed by atoms with Gasteiger partial charge in [0, 0.05) is 18.7 Å². The number of Topliss-reactive ketones (excluding diaryl/α,β-unsaturated/α-hetero) is 1. The van der Waals surface area contributed by atoms with Gasteiger partial charge in [0.15, 0.2) is 23.1 Å². The molecule has 0 radical (unpaired) electrons. The summed E-state index contributed by atoms with van der Waals surface area (Å²) < 4.78 is 30.1. The Balaban J connectivity index is 1.81. The number of benzene rings is 2. The largest absolute Gasteiger partial charge is 0.507 e. The lowest BCUT2D eigenvalue weighted by Crippen LogP contribution is -2.37. The number of ketones is 1. The van der Waals surface area contributed by atoms with Crippen molar-refractivity contribution in [3.8, 4) is 17.2 Å². The van der Waals surface area contributed by atoms with Crippen LogP contribution in [0.3, 0.4) is 0 Å². The van der Waals surface area contributed by atoms with E-state index in [1.165, 1.54) is 38.4 Å². The molecule has 1 unspecified atom stereocenters. The summed E-state index contributed by atoms with van der Waals surface area (Å²) >= 11 is 0. The zero-order valence-electron chi connectivity index (χ0n) is 20.0. The van der Waals surface area contributed by atoms with Gasteiger partial charge in [0.25, 0.3) is 11.7 Å². The van der Waals surface area contributed by atoms with E-state index in [9.17, 15) is 19.1 Å². The number of likely N-dealkylation sites (tertiary alicyclic amines) is 2. The Hall–Kier alpha value is -3.59. The molecule has 1 atom stereocenters. The minimum absolute atomic E-state index is 0.00375. The molecule has 186 valence electrons. The van der Waals surface area contributed by atoms with Gasteiger partial charge in [0.2, 0.25) is 0 Å². The van der Waals surface area contributed by atoms with Crippen LogP contribution in [0.2, 0.25) is 0 Å². The van der Waals surface area contributed by atoms with Crippen molar-refractivity contribution in [1.29, 1.82) is 0 Å². The van der Waals surface area contributed by atoms with Crippen molar-refractivity contribution in [1.82, 2.24) is 9.80 Å². The Labute approximate surface area is 203 Å². The number of ether oxygens (including phenoxy) is 3. The van der Waals surface area contributed by atoms with Crippen LogP contribution in [0.5, 0.6) is 17.2 Å². The highest BCUT2D eigenvalue weighted by Gasteiger charge is 2.46. The maximum absolute atomic E-state index is 14.4. The molecule has 2 saturated heterocycles. The first-order chi connectivity index (χ1) is 16.9. The van der Waals surface area contributed by atoms with Crippen LogP contribution in [-0.2, 0) is 9.59 Å². The van der Waals surface area contributed by atoms with E-state index < -0.39 is 29.3 Å². The molecule has 4 rings (SSSR count). The van der Waals surface area contributed by atoms with Gasteiger partial charge in [-0.1, -0.05) is 6.07 Å². The zero-order chi connectivity index (χ0) is 25.1. The van der Waals surface area contributed by atoms with Gasteiger partial charge in [-0.2, -0.15) is 0 Å². The van der Waals surface area contributed by atoms with Gasteiger partial charge >= 0.3 is 0 Å². The van der Waals surface area contributed by atoms with Crippen molar-refractivity contribution in [2.24, 2.45) is 0 Å². The summed E-state index contributed by atoms with van der Waals surface area (Å²) in [6.45, 7) is 2.79. The molecular formula is C26H29FN2O6. The average Bonchev–Trinajstić information content (AvgIpc) is 3.48. The highest BCUT2D eigenvalue weighted by Crippen LogP contribution is 2.42. The SMILES string of the molecule is COc1ccc(/C(O)=C2\C(=O)C(=O)N(CCN3CCCC3)C2c2ccc(OC)c(OC)c2)cc1F. The first-order valence-electron chi connectivity index (χ1n) is 11.5. The van der Waals surface area contributed by atoms with Crippen molar-refractivity contribution >= 4 is 17.4 Å². The molecule has 0 aliphatic carbocycles. The smallest absolute Gasteiger partial charge is 0.295 e. The minimum Gasteiger partial charge on any atom is -0.507 e. The lowest BCUT2D eigenvalue weighted by molar-refractivity contribution is -0.140. The maximum atomic E-state index is 14.4. The van der Waals surface area contributed by atoms with Gasteiger partial charge in [0.1, 0.15) is 5.76 Å².